The Hall–Kier alpha value is -3.66. The van der Waals surface area contributed by atoms with Crippen LogP contribution in [0.4, 0.5) is 24.5 Å². The molecule has 0 bridgehead atoms. The van der Waals surface area contributed by atoms with E-state index in [1.165, 1.54) is 49.4 Å². The number of amides is 1. The Morgan fingerprint density at radius 2 is 1.56 bits per heavy atom. The number of nitrogens with one attached hydrogen (secondary N) is 1. The molecule has 0 aliphatic carbocycles. The van der Waals surface area contributed by atoms with E-state index in [0.29, 0.717) is 21.6 Å². The summed E-state index contributed by atoms with van der Waals surface area (Å²) < 4.78 is 67.1. The van der Waals surface area contributed by atoms with E-state index in [9.17, 15) is 31.2 Å². The maximum atomic E-state index is 13.3. The molecule has 0 unspecified atom stereocenters. The fourth-order valence-corrected chi connectivity index (χ4v) is 4.52. The Morgan fingerprint density at radius 1 is 0.941 bits per heavy atom. The predicted molar refractivity (Wildman–Crippen MR) is 122 cm³/mol. The smallest absolute Gasteiger partial charge is 0.325 e. The zero-order chi connectivity index (χ0) is 25.1. The van der Waals surface area contributed by atoms with Gasteiger partial charge in [0, 0.05) is 11.3 Å². The summed E-state index contributed by atoms with van der Waals surface area (Å²) in [6, 6.07) is 15.4. The highest BCUT2D eigenvalue weighted by molar-refractivity contribution is 7.92. The van der Waals surface area contributed by atoms with Crippen molar-refractivity contribution in [3.05, 3.63) is 89.5 Å². The van der Waals surface area contributed by atoms with Crippen LogP contribution in [-0.4, -0.2) is 26.7 Å². The minimum absolute atomic E-state index is 0.169. The van der Waals surface area contributed by atoms with Crippen LogP contribution in [0.3, 0.4) is 0 Å². The molecule has 1 N–H and O–H groups in total. The number of sulfonamides is 1. The molecule has 0 spiro atoms. The molecule has 3 aromatic rings. The van der Waals surface area contributed by atoms with Crippen LogP contribution in [0, 0.1) is 6.92 Å². The number of ketones is 1. The van der Waals surface area contributed by atoms with Crippen molar-refractivity contribution in [1.82, 2.24) is 0 Å². The molecule has 0 saturated carbocycles. The van der Waals surface area contributed by atoms with E-state index in [4.69, 9.17) is 0 Å². The highest BCUT2D eigenvalue weighted by atomic mass is 32.2. The largest absolute Gasteiger partial charge is 0.416 e. The average molecular weight is 491 g/mol. The zero-order valence-electron chi connectivity index (χ0n) is 18.3. The number of carbonyl (C=O) groups excluding carboxylic acids is 2. The number of anilines is 2. The van der Waals surface area contributed by atoms with Gasteiger partial charge < -0.3 is 5.32 Å². The molecule has 10 heteroatoms. The SMILES string of the molecule is CC(=O)c1ccc(NC(=O)CN(c2cccc(C(F)(F)F)c2)S(=O)(=O)c2ccc(C)cc2)cc1. The number of aryl methyl sites for hydroxylation is 1. The lowest BCUT2D eigenvalue weighted by Gasteiger charge is -2.25. The van der Waals surface area contributed by atoms with Crippen LogP contribution in [-0.2, 0) is 21.0 Å². The molecule has 0 aliphatic heterocycles. The van der Waals surface area contributed by atoms with Crippen LogP contribution < -0.4 is 9.62 Å². The first-order valence-corrected chi connectivity index (χ1v) is 11.5. The molecule has 0 aromatic heterocycles. The number of hydrogen-bond acceptors (Lipinski definition) is 4. The molecular formula is C24H21F3N2O4S. The van der Waals surface area contributed by atoms with Crippen LogP contribution in [0.5, 0.6) is 0 Å². The first-order valence-electron chi connectivity index (χ1n) is 10.1. The van der Waals surface area contributed by atoms with Gasteiger partial charge in [0.25, 0.3) is 10.0 Å². The molecule has 0 fully saturated rings. The molecule has 34 heavy (non-hydrogen) atoms. The molecule has 0 saturated heterocycles. The van der Waals surface area contributed by atoms with E-state index in [2.05, 4.69) is 5.32 Å². The van der Waals surface area contributed by atoms with Gasteiger partial charge in [-0.15, -0.1) is 0 Å². The maximum Gasteiger partial charge on any atom is 0.416 e. The number of alkyl halides is 3. The van der Waals surface area contributed by atoms with E-state index in [1.54, 1.807) is 19.1 Å². The Balaban J connectivity index is 1.97. The number of rotatable bonds is 7. The van der Waals surface area contributed by atoms with Crippen molar-refractivity contribution in [3.8, 4) is 0 Å². The highest BCUT2D eigenvalue weighted by Crippen LogP contribution is 2.33. The minimum atomic E-state index is -4.70. The monoisotopic (exact) mass is 490 g/mol. The van der Waals surface area contributed by atoms with Gasteiger partial charge >= 0.3 is 6.18 Å². The van der Waals surface area contributed by atoms with Gasteiger partial charge in [0.2, 0.25) is 5.91 Å². The van der Waals surface area contributed by atoms with Crippen molar-refractivity contribution in [2.75, 3.05) is 16.2 Å². The third kappa shape index (κ3) is 5.82. The Morgan fingerprint density at radius 3 is 2.12 bits per heavy atom. The lowest BCUT2D eigenvalue weighted by molar-refractivity contribution is -0.137. The molecule has 0 heterocycles. The lowest BCUT2D eigenvalue weighted by atomic mass is 10.1. The molecule has 178 valence electrons. The van der Waals surface area contributed by atoms with Crippen LogP contribution in [0.25, 0.3) is 0 Å². The fourth-order valence-electron chi connectivity index (χ4n) is 3.11. The van der Waals surface area contributed by atoms with E-state index >= 15 is 0 Å². The Labute approximate surface area is 195 Å². The quantitative estimate of drug-likeness (QED) is 0.470. The fraction of sp³-hybridized carbons (Fsp3) is 0.167. The molecule has 0 radical (unpaired) electrons. The van der Waals surface area contributed by atoms with Crippen LogP contribution >= 0.6 is 0 Å². The first kappa shape index (κ1) is 25.0. The second-order valence-electron chi connectivity index (χ2n) is 7.55. The number of hydrogen-bond donors (Lipinski definition) is 1. The normalized spacial score (nSPS) is 11.7. The molecular weight excluding hydrogens is 469 g/mol. The predicted octanol–water partition coefficient (Wildman–Crippen LogP) is 5.05. The topological polar surface area (TPSA) is 83.6 Å². The van der Waals surface area contributed by atoms with Gasteiger partial charge in [0.15, 0.2) is 5.78 Å². The summed E-state index contributed by atoms with van der Waals surface area (Å²) in [5.41, 5.74) is 0.153. The summed E-state index contributed by atoms with van der Waals surface area (Å²) in [5, 5.41) is 2.51. The number of nitrogens with zero attached hydrogens (tertiary/aromatic N) is 1. The highest BCUT2D eigenvalue weighted by Gasteiger charge is 2.33. The van der Waals surface area contributed by atoms with E-state index < -0.39 is 34.2 Å². The molecule has 3 aromatic carbocycles. The van der Waals surface area contributed by atoms with Crippen LogP contribution in [0.15, 0.2) is 77.7 Å². The summed E-state index contributed by atoms with van der Waals surface area (Å²) in [4.78, 5) is 24.0. The Kier molecular flexibility index (Phi) is 7.11. The lowest BCUT2D eigenvalue weighted by Crippen LogP contribution is -2.38. The van der Waals surface area contributed by atoms with Crippen molar-refractivity contribution in [3.63, 3.8) is 0 Å². The first-order chi connectivity index (χ1) is 15.9. The maximum absolute atomic E-state index is 13.3. The van der Waals surface area contributed by atoms with Gasteiger partial charge in [-0.25, -0.2) is 8.42 Å². The number of Topliss-reactive ketones (excluding diaryl/α,β-unsaturated/α-hetero) is 1. The van der Waals surface area contributed by atoms with E-state index in [1.807, 2.05) is 0 Å². The van der Waals surface area contributed by atoms with E-state index in [-0.39, 0.29) is 16.4 Å². The minimum Gasteiger partial charge on any atom is -0.325 e. The van der Waals surface area contributed by atoms with Gasteiger partial charge in [-0.05, 0) is 68.4 Å². The summed E-state index contributed by atoms with van der Waals surface area (Å²) in [6.45, 7) is 2.37. The summed E-state index contributed by atoms with van der Waals surface area (Å²) in [7, 11) is -4.38. The second kappa shape index (κ2) is 9.68. The van der Waals surface area contributed by atoms with Gasteiger partial charge in [0.1, 0.15) is 6.54 Å². The van der Waals surface area contributed by atoms with Gasteiger partial charge in [0.05, 0.1) is 16.1 Å². The molecule has 0 atom stereocenters. The van der Waals surface area contributed by atoms with Crippen molar-refractivity contribution < 1.29 is 31.2 Å². The summed E-state index contributed by atoms with van der Waals surface area (Å²) in [5.74, 6) is -0.943. The standard InChI is InChI=1S/C24H21F3N2O4S/c1-16-6-12-22(13-7-16)34(32,33)29(21-5-3-4-19(14-21)24(25,26)27)15-23(31)28-20-10-8-18(9-11-20)17(2)30/h3-14H,15H2,1-2H3,(H,28,31). The van der Waals surface area contributed by atoms with Crippen molar-refractivity contribution >= 4 is 33.1 Å². The third-order valence-corrected chi connectivity index (χ3v) is 6.72. The number of halogens is 3. The van der Waals surface area contributed by atoms with Gasteiger partial charge in [-0.2, -0.15) is 13.2 Å². The molecule has 3 rings (SSSR count). The number of benzene rings is 3. The molecule has 0 aliphatic rings. The second-order valence-corrected chi connectivity index (χ2v) is 9.42. The Bertz CT molecular complexity index is 1300. The van der Waals surface area contributed by atoms with Crippen LogP contribution in [0.1, 0.15) is 28.4 Å². The van der Waals surface area contributed by atoms with E-state index in [0.717, 1.165) is 17.7 Å². The van der Waals surface area contributed by atoms with Crippen molar-refractivity contribution in [1.29, 1.82) is 0 Å². The average Bonchev–Trinajstić information content (AvgIpc) is 2.77. The molecule has 6 nitrogen and oxygen atoms in total. The molecule has 1 amide bonds. The van der Waals surface area contributed by atoms with Crippen molar-refractivity contribution in [2.45, 2.75) is 24.9 Å². The third-order valence-electron chi connectivity index (χ3n) is 4.93. The zero-order valence-corrected chi connectivity index (χ0v) is 19.1. The van der Waals surface area contributed by atoms with Gasteiger partial charge in [-0.3, -0.25) is 13.9 Å². The number of carbonyl (C=O) groups is 2. The summed E-state index contributed by atoms with van der Waals surface area (Å²) in [6.07, 6.45) is -4.70. The van der Waals surface area contributed by atoms with Crippen molar-refractivity contribution in [2.24, 2.45) is 0 Å². The summed E-state index contributed by atoms with van der Waals surface area (Å²) >= 11 is 0. The van der Waals surface area contributed by atoms with Crippen LogP contribution in [0.2, 0.25) is 0 Å². The van der Waals surface area contributed by atoms with Gasteiger partial charge in [-0.1, -0.05) is 23.8 Å².